The molecule has 25 heavy (non-hydrogen) atoms. The van der Waals surface area contributed by atoms with Crippen LogP contribution < -0.4 is 5.32 Å². The van der Waals surface area contributed by atoms with Gasteiger partial charge in [-0.05, 0) is 28.8 Å². The van der Waals surface area contributed by atoms with Gasteiger partial charge in [0.25, 0.3) is 0 Å². The van der Waals surface area contributed by atoms with Crippen LogP contribution in [0.3, 0.4) is 0 Å². The summed E-state index contributed by atoms with van der Waals surface area (Å²) in [5.41, 5.74) is 10.3. The van der Waals surface area contributed by atoms with Gasteiger partial charge in [-0.25, -0.2) is 15.0 Å². The van der Waals surface area contributed by atoms with Crippen LogP contribution >= 0.6 is 23.4 Å². The van der Waals surface area contributed by atoms with Crippen molar-refractivity contribution in [3.8, 4) is 0 Å². The Balaban J connectivity index is 0.000000277. The van der Waals surface area contributed by atoms with Crippen molar-refractivity contribution < 1.29 is 0 Å². The molecule has 1 aliphatic rings. The maximum absolute atomic E-state index is 7.89. The van der Waals surface area contributed by atoms with Crippen LogP contribution in [0.4, 0.5) is 17.2 Å². The maximum atomic E-state index is 7.89. The van der Waals surface area contributed by atoms with E-state index in [1.807, 2.05) is 50.2 Å². The molecule has 0 saturated heterocycles. The Bertz CT molecular complexity index is 844. The van der Waals surface area contributed by atoms with Crippen LogP contribution in [-0.4, -0.2) is 29.6 Å². The molecule has 0 atom stereocenters. The van der Waals surface area contributed by atoms with Gasteiger partial charge in [-0.2, -0.15) is 0 Å². The normalized spacial score (nSPS) is 12.1. The fourth-order valence-corrected chi connectivity index (χ4v) is 2.65. The summed E-state index contributed by atoms with van der Waals surface area (Å²) in [6, 6.07) is 7.71. The molecule has 2 heterocycles. The second-order valence-corrected chi connectivity index (χ2v) is 11.7. The number of aliphatic imine (C=N–C) groups is 1. The number of azide groups is 1. The zero-order valence-corrected chi connectivity index (χ0v) is 16.9. The first-order valence-electron chi connectivity index (χ1n) is 7.42. The molecule has 130 valence electrons. The number of hydrogen-bond acceptors (Lipinski definition) is 6. The fraction of sp³-hybridized carbons (Fsp3) is 0.267. The molecular weight excluding hydrogens is 374 g/mol. The average Bonchev–Trinajstić information content (AvgIpc) is 2.69. The summed E-state index contributed by atoms with van der Waals surface area (Å²) in [4.78, 5) is 15.7. The van der Waals surface area contributed by atoms with Gasteiger partial charge in [0.05, 0.1) is 16.9 Å². The molecule has 7 nitrogen and oxygen atoms in total. The number of benzene rings is 1. The van der Waals surface area contributed by atoms with E-state index in [0.29, 0.717) is 21.7 Å². The quantitative estimate of drug-likeness (QED) is 0.177. The van der Waals surface area contributed by atoms with E-state index < -0.39 is 8.24 Å². The van der Waals surface area contributed by atoms with Crippen molar-refractivity contribution in [3.05, 3.63) is 46.5 Å². The molecule has 1 aromatic carbocycles. The predicted octanol–water partition coefficient (Wildman–Crippen LogP) is 5.70. The number of hydrogen-bond donors (Lipinski definition) is 1. The van der Waals surface area contributed by atoms with Crippen molar-refractivity contribution in [1.29, 1.82) is 0 Å². The van der Waals surface area contributed by atoms with E-state index in [1.165, 1.54) is 11.8 Å². The molecule has 2 aromatic rings. The highest BCUT2D eigenvalue weighted by molar-refractivity contribution is 7.98. The van der Waals surface area contributed by atoms with Gasteiger partial charge >= 0.3 is 0 Å². The van der Waals surface area contributed by atoms with E-state index >= 15 is 0 Å². The molecule has 3 rings (SSSR count). The molecular formula is C15H18ClN7SSi. The van der Waals surface area contributed by atoms with Crippen molar-refractivity contribution in [2.24, 2.45) is 9.77 Å². The lowest BCUT2D eigenvalue weighted by Crippen LogP contribution is -2.13. The maximum Gasteiger partial charge on any atom is 0.189 e. The monoisotopic (exact) mass is 391 g/mol. The van der Waals surface area contributed by atoms with Crippen molar-refractivity contribution in [1.82, 2.24) is 9.97 Å². The molecule has 0 unspecified atom stereocenters. The number of rotatable bonds is 2. The largest absolute Gasteiger partial charge is 0.338 e. The Morgan fingerprint density at radius 2 is 2.00 bits per heavy atom. The first-order chi connectivity index (χ1) is 11.8. The number of thioether (sulfide) groups is 1. The second kappa shape index (κ2) is 8.35. The zero-order chi connectivity index (χ0) is 18.4. The number of halogens is 1. The molecule has 0 saturated carbocycles. The van der Waals surface area contributed by atoms with Crippen molar-refractivity contribution in [2.75, 3.05) is 11.6 Å². The van der Waals surface area contributed by atoms with E-state index in [4.69, 9.17) is 17.1 Å². The van der Waals surface area contributed by atoms with Crippen molar-refractivity contribution in [3.63, 3.8) is 0 Å². The standard InChI is InChI=1S/C12H9ClN4S.C3H9N3Si/c1-18-12-14-6-7-10(13)15-8-4-2-3-5-9(8)16-11(7)17-12;1-7(2,3)6-5-4/h2-6H,1H3,(H,14,16,17);1-3H3. The Morgan fingerprint density at radius 1 is 1.28 bits per heavy atom. The minimum atomic E-state index is -1.45. The van der Waals surface area contributed by atoms with E-state index in [9.17, 15) is 0 Å². The number of nitrogens with zero attached hydrogens (tertiary/aromatic N) is 6. The summed E-state index contributed by atoms with van der Waals surface area (Å²) in [6.45, 7) is 5.98. The molecule has 1 aliphatic heterocycles. The summed E-state index contributed by atoms with van der Waals surface area (Å²) in [6.07, 6.45) is 3.63. The summed E-state index contributed by atoms with van der Waals surface area (Å²) in [7, 11) is -1.45. The molecule has 1 aromatic heterocycles. The Morgan fingerprint density at radius 3 is 2.60 bits per heavy atom. The lowest BCUT2D eigenvalue weighted by atomic mass is 10.3. The molecule has 0 amide bonds. The van der Waals surface area contributed by atoms with Crippen LogP contribution in [-0.2, 0) is 0 Å². The third-order valence-corrected chi connectivity index (χ3v) is 4.43. The van der Waals surface area contributed by atoms with E-state index in [-0.39, 0.29) is 0 Å². The van der Waals surface area contributed by atoms with Crippen LogP contribution in [0, 0.1) is 0 Å². The van der Waals surface area contributed by atoms with Gasteiger partial charge in [-0.3, -0.25) is 0 Å². The van der Waals surface area contributed by atoms with Gasteiger partial charge in [0.2, 0.25) is 0 Å². The highest BCUT2D eigenvalue weighted by atomic mass is 35.5. The molecule has 0 radical (unpaired) electrons. The number of nitrogens with one attached hydrogen (secondary N) is 1. The summed E-state index contributed by atoms with van der Waals surface area (Å²) < 4.78 is 3.58. The summed E-state index contributed by atoms with van der Waals surface area (Å²) >= 11 is 7.68. The third kappa shape index (κ3) is 5.47. The number of anilines is 2. The molecule has 0 aliphatic carbocycles. The summed E-state index contributed by atoms with van der Waals surface area (Å²) in [5.74, 6) is 0.688. The molecule has 0 spiro atoms. The summed E-state index contributed by atoms with van der Waals surface area (Å²) in [5, 5.41) is 4.34. The minimum absolute atomic E-state index is 0.398. The molecule has 0 bridgehead atoms. The molecule has 0 fully saturated rings. The van der Waals surface area contributed by atoms with E-state index in [0.717, 1.165) is 11.4 Å². The molecule has 10 heteroatoms. The van der Waals surface area contributed by atoms with Crippen LogP contribution in [0.5, 0.6) is 0 Å². The number of fused-ring (bicyclic) bond motifs is 2. The highest BCUT2D eigenvalue weighted by Crippen LogP contribution is 2.33. The van der Waals surface area contributed by atoms with Crippen LogP contribution in [0.25, 0.3) is 10.4 Å². The first-order valence-corrected chi connectivity index (χ1v) is 12.5. The Labute approximate surface area is 156 Å². The van der Waals surface area contributed by atoms with Crippen LogP contribution in [0.2, 0.25) is 19.6 Å². The van der Waals surface area contributed by atoms with Crippen LogP contribution in [0.15, 0.2) is 45.4 Å². The zero-order valence-electron chi connectivity index (χ0n) is 14.4. The van der Waals surface area contributed by atoms with Gasteiger partial charge < -0.3 is 5.32 Å². The SMILES string of the molecule is CSc1ncc2c(n1)Nc1ccccc1N=C2Cl.C[Si](C)(C)N=[N+]=[N-]. The van der Waals surface area contributed by atoms with Gasteiger partial charge in [0.1, 0.15) is 19.2 Å². The van der Waals surface area contributed by atoms with E-state index in [1.54, 1.807) is 6.20 Å². The fourth-order valence-electron chi connectivity index (χ4n) is 1.81. The highest BCUT2D eigenvalue weighted by Gasteiger charge is 2.16. The smallest absolute Gasteiger partial charge is 0.189 e. The second-order valence-electron chi connectivity index (χ2n) is 6.02. The number of aromatic nitrogens is 2. The Kier molecular flexibility index (Phi) is 6.43. The van der Waals surface area contributed by atoms with Crippen molar-refractivity contribution in [2.45, 2.75) is 24.8 Å². The predicted molar refractivity (Wildman–Crippen MR) is 108 cm³/mol. The van der Waals surface area contributed by atoms with Gasteiger partial charge in [0.15, 0.2) is 5.16 Å². The van der Waals surface area contributed by atoms with E-state index in [2.05, 4.69) is 30.0 Å². The molecule has 1 N–H and O–H groups in total. The van der Waals surface area contributed by atoms with Gasteiger partial charge in [0, 0.05) is 6.20 Å². The lowest BCUT2D eigenvalue weighted by Gasteiger charge is -2.08. The Hall–Kier alpha value is -2.06. The third-order valence-electron chi connectivity index (χ3n) is 2.89. The lowest BCUT2D eigenvalue weighted by molar-refractivity contribution is 0.973. The topological polar surface area (TPSA) is 98.9 Å². The first kappa shape index (κ1) is 19.3. The van der Waals surface area contributed by atoms with Gasteiger partial charge in [-0.1, -0.05) is 55.1 Å². The average molecular weight is 392 g/mol. The minimum Gasteiger partial charge on any atom is -0.338 e. The van der Waals surface area contributed by atoms with Gasteiger partial charge in [-0.15, -0.1) is 4.78 Å². The van der Waals surface area contributed by atoms with Crippen molar-refractivity contribution >= 4 is 54.0 Å². The number of para-hydroxylation sites is 2. The van der Waals surface area contributed by atoms with Crippen LogP contribution in [0.1, 0.15) is 5.56 Å².